The van der Waals surface area contributed by atoms with Gasteiger partial charge in [-0.05, 0) is 36.1 Å². The fourth-order valence-electron chi connectivity index (χ4n) is 2.72. The zero-order valence-electron chi connectivity index (χ0n) is 13.2. The summed E-state index contributed by atoms with van der Waals surface area (Å²) in [7, 11) is 0. The molecule has 0 amide bonds. The van der Waals surface area contributed by atoms with Gasteiger partial charge in [-0.3, -0.25) is 9.36 Å². The van der Waals surface area contributed by atoms with Crippen LogP contribution in [-0.4, -0.2) is 10.7 Å². The summed E-state index contributed by atoms with van der Waals surface area (Å²) in [5, 5.41) is -0.121. The molecule has 0 aliphatic rings. The average molecular weight is 347 g/mol. The Morgan fingerprint density at radius 1 is 1.08 bits per heavy atom. The molecule has 0 saturated carbocycles. The Labute approximate surface area is 140 Å². The molecule has 0 unspecified atom stereocenters. The van der Waals surface area contributed by atoms with Gasteiger partial charge in [0.25, 0.3) is 5.56 Å². The summed E-state index contributed by atoms with van der Waals surface area (Å²) in [5.41, 5.74) is -0.821. The number of pyridine rings is 1. The largest absolute Gasteiger partial charge is 0.416 e. The van der Waals surface area contributed by atoms with Crippen molar-refractivity contribution in [2.24, 2.45) is 0 Å². The van der Waals surface area contributed by atoms with E-state index < -0.39 is 23.1 Å². The van der Waals surface area contributed by atoms with E-state index in [9.17, 15) is 22.4 Å². The Kier molecular flexibility index (Phi) is 3.99. The van der Waals surface area contributed by atoms with E-state index in [1.807, 2.05) is 0 Å². The molecule has 0 saturated heterocycles. The highest BCUT2D eigenvalue weighted by molar-refractivity contribution is 5.94. The van der Waals surface area contributed by atoms with Crippen molar-refractivity contribution in [1.29, 1.82) is 0 Å². The number of aromatic nitrogens is 1. The van der Waals surface area contributed by atoms with Crippen LogP contribution in [0.25, 0.3) is 22.0 Å². The van der Waals surface area contributed by atoms with Gasteiger partial charge in [0.15, 0.2) is 0 Å². The molecule has 0 atom stereocenters. The molecule has 2 nitrogen and oxygen atoms in total. The van der Waals surface area contributed by atoms with Crippen LogP contribution in [0.3, 0.4) is 0 Å². The van der Waals surface area contributed by atoms with Gasteiger partial charge < -0.3 is 0 Å². The molecule has 25 heavy (non-hydrogen) atoms. The number of alkyl halides is 3. The predicted octanol–water partition coefficient (Wildman–Crippen LogP) is 5.01. The minimum Gasteiger partial charge on any atom is -0.283 e. The molecular formula is C19H13F4NO. The molecule has 2 aromatic carbocycles. The van der Waals surface area contributed by atoms with Crippen molar-refractivity contribution in [2.45, 2.75) is 13.1 Å². The number of rotatable bonds is 2. The molecule has 6 heteroatoms. The Morgan fingerprint density at radius 3 is 2.40 bits per heavy atom. The molecule has 3 rings (SSSR count). The predicted molar refractivity (Wildman–Crippen MR) is 89.3 cm³/mol. The highest BCUT2D eigenvalue weighted by Gasteiger charge is 2.34. The summed E-state index contributed by atoms with van der Waals surface area (Å²) >= 11 is 0. The fraction of sp³-hybridized carbons (Fsp3) is 0.105. The highest BCUT2D eigenvalue weighted by atomic mass is 19.4. The summed E-state index contributed by atoms with van der Waals surface area (Å²) in [6, 6.07) is 9.90. The second kappa shape index (κ2) is 5.88. The topological polar surface area (TPSA) is 22.0 Å². The first-order valence-electron chi connectivity index (χ1n) is 7.37. The lowest BCUT2D eigenvalue weighted by atomic mass is 10.0. The molecular weight excluding hydrogens is 334 g/mol. The molecule has 0 aliphatic heterocycles. The molecule has 128 valence electrons. The maximum absolute atomic E-state index is 13.6. The summed E-state index contributed by atoms with van der Waals surface area (Å²) in [5.74, 6) is -0.698. The highest BCUT2D eigenvalue weighted by Crippen LogP contribution is 2.35. The average Bonchev–Trinajstić information content (AvgIpc) is 2.55. The van der Waals surface area contributed by atoms with E-state index in [4.69, 9.17) is 0 Å². The molecule has 0 bridgehead atoms. The summed E-state index contributed by atoms with van der Waals surface area (Å²) in [6.45, 7) is 4.85. The summed E-state index contributed by atoms with van der Waals surface area (Å²) < 4.78 is 54.3. The Balaban J connectivity index is 2.44. The number of fused-ring (bicyclic) bond motifs is 1. The smallest absolute Gasteiger partial charge is 0.283 e. The van der Waals surface area contributed by atoms with Crippen LogP contribution in [0.15, 0.2) is 60.0 Å². The lowest BCUT2D eigenvalue weighted by Gasteiger charge is -2.17. The van der Waals surface area contributed by atoms with Gasteiger partial charge in [-0.1, -0.05) is 30.8 Å². The quantitative estimate of drug-likeness (QED) is 0.597. The van der Waals surface area contributed by atoms with Crippen LogP contribution in [0.4, 0.5) is 17.6 Å². The van der Waals surface area contributed by atoms with Crippen molar-refractivity contribution in [2.75, 3.05) is 0 Å². The van der Waals surface area contributed by atoms with Gasteiger partial charge in [0.05, 0.1) is 16.6 Å². The number of benzene rings is 2. The van der Waals surface area contributed by atoms with Gasteiger partial charge >= 0.3 is 6.18 Å². The van der Waals surface area contributed by atoms with Crippen LogP contribution in [0.5, 0.6) is 0 Å². The first-order chi connectivity index (χ1) is 11.7. The van der Waals surface area contributed by atoms with Crippen LogP contribution in [-0.2, 0) is 0 Å². The number of hydrogen-bond acceptors (Lipinski definition) is 1. The van der Waals surface area contributed by atoms with Crippen LogP contribution in [0, 0.1) is 12.7 Å². The molecule has 0 spiro atoms. The molecule has 0 aliphatic carbocycles. The maximum Gasteiger partial charge on any atom is 0.416 e. The first kappa shape index (κ1) is 17.0. The lowest BCUT2D eigenvalue weighted by molar-refractivity contribution is -0.0686. The minimum atomic E-state index is -4.67. The van der Waals surface area contributed by atoms with E-state index in [1.165, 1.54) is 6.07 Å². The second-order valence-corrected chi connectivity index (χ2v) is 5.67. The van der Waals surface area contributed by atoms with Gasteiger partial charge in [0.1, 0.15) is 5.82 Å². The number of halogens is 4. The zero-order chi connectivity index (χ0) is 18.4. The van der Waals surface area contributed by atoms with Crippen molar-refractivity contribution in [3.05, 3.63) is 82.5 Å². The van der Waals surface area contributed by atoms with E-state index in [-0.39, 0.29) is 16.3 Å². The zero-order valence-corrected chi connectivity index (χ0v) is 13.2. The standard InChI is InChI=1S/C19H13F4NO/c1-11-5-3-4-6-17(11)24-10-16(12(2)19(21,22)23)14-8-7-13(20)9-15(14)18(24)25/h3-10H,2H2,1H3. The monoisotopic (exact) mass is 347 g/mol. The van der Waals surface area contributed by atoms with Crippen molar-refractivity contribution < 1.29 is 17.6 Å². The van der Waals surface area contributed by atoms with E-state index >= 15 is 0 Å². The normalized spacial score (nSPS) is 11.7. The molecule has 0 radical (unpaired) electrons. The molecule has 0 N–H and O–H groups in total. The fourth-order valence-corrected chi connectivity index (χ4v) is 2.72. The van der Waals surface area contributed by atoms with Gasteiger partial charge in [0, 0.05) is 11.8 Å². The maximum atomic E-state index is 13.6. The Hall–Kier alpha value is -2.89. The molecule has 1 heterocycles. The molecule has 0 fully saturated rings. The summed E-state index contributed by atoms with van der Waals surface area (Å²) in [4.78, 5) is 12.7. The van der Waals surface area contributed by atoms with Crippen LogP contribution < -0.4 is 5.56 Å². The van der Waals surface area contributed by atoms with E-state index in [1.54, 1.807) is 31.2 Å². The Morgan fingerprint density at radius 2 is 1.76 bits per heavy atom. The third kappa shape index (κ3) is 2.95. The second-order valence-electron chi connectivity index (χ2n) is 5.67. The van der Waals surface area contributed by atoms with Crippen molar-refractivity contribution in [3.8, 4) is 5.69 Å². The number of aryl methyl sites for hydroxylation is 1. The number of allylic oxidation sites excluding steroid dienone is 1. The van der Waals surface area contributed by atoms with Crippen LogP contribution in [0.1, 0.15) is 11.1 Å². The van der Waals surface area contributed by atoms with Gasteiger partial charge in [-0.2, -0.15) is 13.2 Å². The van der Waals surface area contributed by atoms with Crippen molar-refractivity contribution in [3.63, 3.8) is 0 Å². The first-order valence-corrected chi connectivity index (χ1v) is 7.37. The van der Waals surface area contributed by atoms with Crippen LogP contribution in [0.2, 0.25) is 0 Å². The van der Waals surface area contributed by atoms with Crippen molar-refractivity contribution >= 4 is 16.3 Å². The minimum absolute atomic E-state index is 0.0126. The SMILES string of the molecule is C=C(c1cn(-c2ccccc2C)c(=O)c2cc(F)ccc12)C(F)(F)F. The number of para-hydroxylation sites is 1. The van der Waals surface area contributed by atoms with Gasteiger partial charge in [-0.25, -0.2) is 4.39 Å². The van der Waals surface area contributed by atoms with Gasteiger partial charge in [-0.15, -0.1) is 0 Å². The van der Waals surface area contributed by atoms with E-state index in [0.29, 0.717) is 11.3 Å². The number of hydrogen-bond donors (Lipinski definition) is 0. The summed E-state index contributed by atoms with van der Waals surface area (Å²) in [6.07, 6.45) is -3.56. The van der Waals surface area contributed by atoms with Crippen molar-refractivity contribution in [1.82, 2.24) is 4.57 Å². The molecule has 1 aromatic heterocycles. The lowest BCUT2D eigenvalue weighted by Crippen LogP contribution is -2.21. The number of nitrogens with zero attached hydrogens (tertiary/aromatic N) is 1. The third-order valence-corrected chi connectivity index (χ3v) is 4.02. The van der Waals surface area contributed by atoms with Gasteiger partial charge in [0.2, 0.25) is 0 Å². The van der Waals surface area contributed by atoms with E-state index in [2.05, 4.69) is 6.58 Å². The Bertz CT molecular complexity index is 1050. The van der Waals surface area contributed by atoms with E-state index in [0.717, 1.165) is 22.9 Å². The van der Waals surface area contributed by atoms with Crippen LogP contribution >= 0.6 is 0 Å². The molecule has 3 aromatic rings. The third-order valence-electron chi connectivity index (χ3n) is 4.02.